The summed E-state index contributed by atoms with van der Waals surface area (Å²) in [5.41, 5.74) is 2.45. The Bertz CT molecular complexity index is 513. The number of aliphatic hydroxyl groups is 1. The van der Waals surface area contributed by atoms with E-state index in [0.717, 1.165) is 18.5 Å². The number of carbonyl (C=O) groups excluding carboxylic acids is 1. The van der Waals surface area contributed by atoms with Gasteiger partial charge in [0.25, 0.3) is 0 Å². The van der Waals surface area contributed by atoms with Crippen LogP contribution in [0.4, 0.5) is 4.79 Å². The lowest BCUT2D eigenvalue weighted by Gasteiger charge is -2.20. The van der Waals surface area contributed by atoms with Gasteiger partial charge in [0.15, 0.2) is 0 Å². The highest BCUT2D eigenvalue weighted by Crippen LogP contribution is 2.14. The van der Waals surface area contributed by atoms with Crippen molar-refractivity contribution in [2.75, 3.05) is 19.7 Å². The zero-order valence-corrected chi connectivity index (χ0v) is 15.5. The van der Waals surface area contributed by atoms with Gasteiger partial charge in [0.05, 0.1) is 0 Å². The molecular formula is C20H33N3O2. The minimum Gasteiger partial charge on any atom is -0.396 e. The van der Waals surface area contributed by atoms with Crippen LogP contribution in [0, 0.1) is 0 Å². The number of hydrogen-bond acceptors (Lipinski definition) is 3. The first kappa shape index (κ1) is 19.7. The molecule has 1 aromatic rings. The van der Waals surface area contributed by atoms with Crippen LogP contribution in [0.5, 0.6) is 0 Å². The van der Waals surface area contributed by atoms with Crippen molar-refractivity contribution in [1.29, 1.82) is 0 Å². The molecule has 1 fully saturated rings. The molecule has 1 aromatic carbocycles. The zero-order valence-electron chi connectivity index (χ0n) is 15.5. The van der Waals surface area contributed by atoms with E-state index in [1.165, 1.54) is 44.3 Å². The number of urea groups is 1. The van der Waals surface area contributed by atoms with E-state index in [4.69, 9.17) is 5.11 Å². The lowest BCUT2D eigenvalue weighted by molar-refractivity contribution is 0.234. The Hall–Kier alpha value is -1.59. The summed E-state index contributed by atoms with van der Waals surface area (Å²) in [5, 5.41) is 14.7. The second-order valence-corrected chi connectivity index (χ2v) is 7.10. The molecule has 1 heterocycles. The van der Waals surface area contributed by atoms with E-state index in [2.05, 4.69) is 39.8 Å². The van der Waals surface area contributed by atoms with E-state index in [9.17, 15) is 4.79 Å². The number of rotatable bonds is 8. The lowest BCUT2D eigenvalue weighted by atomic mass is 10.1. The topological polar surface area (TPSA) is 64.6 Å². The van der Waals surface area contributed by atoms with Gasteiger partial charge < -0.3 is 15.7 Å². The Morgan fingerprint density at radius 2 is 1.92 bits per heavy atom. The first-order valence-electron chi connectivity index (χ1n) is 9.63. The van der Waals surface area contributed by atoms with Crippen molar-refractivity contribution in [3.8, 4) is 0 Å². The van der Waals surface area contributed by atoms with Crippen molar-refractivity contribution in [2.45, 2.75) is 64.6 Å². The summed E-state index contributed by atoms with van der Waals surface area (Å²) in [4.78, 5) is 14.5. The molecule has 1 unspecified atom stereocenters. The maximum atomic E-state index is 11.9. The molecule has 0 aromatic heterocycles. The Balaban J connectivity index is 1.77. The van der Waals surface area contributed by atoms with Crippen molar-refractivity contribution in [2.24, 2.45) is 0 Å². The number of hydrogen-bond donors (Lipinski definition) is 3. The highest BCUT2D eigenvalue weighted by Gasteiger charge is 2.10. The molecule has 5 heteroatoms. The fourth-order valence-corrected chi connectivity index (χ4v) is 3.32. The standard InChI is InChI=1S/C20H33N3O2/c1-17(8-7-13-24)22-20(25)21-15-18-9-6-10-19(14-18)16-23-11-4-2-3-5-12-23/h6,9-10,14,17,24H,2-5,7-8,11-13,15-16H2,1H3,(H2,21,22,25). The summed E-state index contributed by atoms with van der Waals surface area (Å²) in [7, 11) is 0. The Labute approximate surface area is 151 Å². The Morgan fingerprint density at radius 1 is 1.20 bits per heavy atom. The van der Waals surface area contributed by atoms with Gasteiger partial charge in [-0.25, -0.2) is 4.79 Å². The van der Waals surface area contributed by atoms with Gasteiger partial charge in [-0.3, -0.25) is 4.90 Å². The molecule has 0 saturated carbocycles. The fraction of sp³-hybridized carbons (Fsp3) is 0.650. The second kappa shape index (κ2) is 11.1. The van der Waals surface area contributed by atoms with E-state index in [-0.39, 0.29) is 18.7 Å². The minimum absolute atomic E-state index is 0.0709. The molecule has 0 radical (unpaired) electrons. The average Bonchev–Trinajstić information content (AvgIpc) is 2.87. The van der Waals surface area contributed by atoms with E-state index >= 15 is 0 Å². The van der Waals surface area contributed by atoms with Crippen LogP contribution in [0.2, 0.25) is 0 Å². The Kier molecular flexibility index (Phi) is 8.77. The van der Waals surface area contributed by atoms with E-state index < -0.39 is 0 Å². The molecule has 0 bridgehead atoms. The number of carbonyl (C=O) groups is 1. The van der Waals surface area contributed by atoms with Crippen LogP contribution in [0.25, 0.3) is 0 Å². The molecule has 5 nitrogen and oxygen atoms in total. The van der Waals surface area contributed by atoms with Gasteiger partial charge in [0.1, 0.15) is 0 Å². The number of amides is 2. The van der Waals surface area contributed by atoms with Crippen LogP contribution >= 0.6 is 0 Å². The van der Waals surface area contributed by atoms with Gasteiger partial charge in [0, 0.05) is 25.7 Å². The summed E-state index contributed by atoms with van der Waals surface area (Å²) in [6, 6.07) is 8.42. The third-order valence-electron chi connectivity index (χ3n) is 4.72. The van der Waals surface area contributed by atoms with Crippen LogP contribution in [0.1, 0.15) is 56.6 Å². The SMILES string of the molecule is CC(CCCO)NC(=O)NCc1cccc(CN2CCCCCC2)c1. The molecular weight excluding hydrogens is 314 g/mol. The van der Waals surface area contributed by atoms with E-state index in [0.29, 0.717) is 13.0 Å². The quantitative estimate of drug-likeness (QED) is 0.677. The van der Waals surface area contributed by atoms with Crippen molar-refractivity contribution < 1.29 is 9.90 Å². The number of nitrogens with zero attached hydrogens (tertiary/aromatic N) is 1. The summed E-state index contributed by atoms with van der Waals surface area (Å²) >= 11 is 0. The van der Waals surface area contributed by atoms with E-state index in [1.54, 1.807) is 0 Å². The highest BCUT2D eigenvalue weighted by atomic mass is 16.3. The van der Waals surface area contributed by atoms with Crippen molar-refractivity contribution in [3.63, 3.8) is 0 Å². The maximum Gasteiger partial charge on any atom is 0.315 e. The molecule has 0 aliphatic carbocycles. The predicted molar refractivity (Wildman–Crippen MR) is 101 cm³/mol. The van der Waals surface area contributed by atoms with E-state index in [1.807, 2.05) is 6.92 Å². The van der Waals surface area contributed by atoms with Crippen LogP contribution in [0.15, 0.2) is 24.3 Å². The number of likely N-dealkylation sites (tertiary alicyclic amines) is 1. The molecule has 1 saturated heterocycles. The zero-order chi connectivity index (χ0) is 17.9. The first-order valence-corrected chi connectivity index (χ1v) is 9.63. The largest absolute Gasteiger partial charge is 0.396 e. The molecule has 2 amide bonds. The third kappa shape index (κ3) is 7.88. The predicted octanol–water partition coefficient (Wildman–Crippen LogP) is 3.02. The lowest BCUT2D eigenvalue weighted by Crippen LogP contribution is -2.40. The smallest absolute Gasteiger partial charge is 0.315 e. The molecule has 2 rings (SSSR count). The molecule has 3 N–H and O–H groups in total. The summed E-state index contributed by atoms with van der Waals surface area (Å²) in [6.07, 6.45) is 6.81. The molecule has 140 valence electrons. The van der Waals surface area contributed by atoms with Gasteiger partial charge >= 0.3 is 6.03 Å². The average molecular weight is 348 g/mol. The summed E-state index contributed by atoms with van der Waals surface area (Å²) < 4.78 is 0. The van der Waals surface area contributed by atoms with Crippen LogP contribution < -0.4 is 10.6 Å². The summed E-state index contributed by atoms with van der Waals surface area (Å²) in [5.74, 6) is 0. The van der Waals surface area contributed by atoms with Gasteiger partial charge in [0.2, 0.25) is 0 Å². The van der Waals surface area contributed by atoms with Gasteiger partial charge in [-0.1, -0.05) is 37.1 Å². The Morgan fingerprint density at radius 3 is 2.64 bits per heavy atom. The number of aliphatic hydroxyl groups excluding tert-OH is 1. The van der Waals surface area contributed by atoms with Gasteiger partial charge in [-0.15, -0.1) is 0 Å². The maximum absolute atomic E-state index is 11.9. The molecule has 0 spiro atoms. The number of nitrogens with one attached hydrogen (secondary N) is 2. The molecule has 1 aliphatic rings. The summed E-state index contributed by atoms with van der Waals surface area (Å²) in [6.45, 7) is 6.03. The fourth-order valence-electron chi connectivity index (χ4n) is 3.32. The van der Waals surface area contributed by atoms with Crippen molar-refractivity contribution in [1.82, 2.24) is 15.5 Å². The van der Waals surface area contributed by atoms with Crippen LogP contribution in [-0.2, 0) is 13.1 Å². The monoisotopic (exact) mass is 347 g/mol. The molecule has 1 atom stereocenters. The second-order valence-electron chi connectivity index (χ2n) is 7.10. The first-order chi connectivity index (χ1) is 12.2. The normalized spacial score (nSPS) is 16.9. The van der Waals surface area contributed by atoms with Gasteiger partial charge in [-0.05, 0) is 56.8 Å². The van der Waals surface area contributed by atoms with Crippen LogP contribution in [0.3, 0.4) is 0 Å². The van der Waals surface area contributed by atoms with Crippen LogP contribution in [-0.4, -0.2) is 41.8 Å². The minimum atomic E-state index is -0.150. The third-order valence-corrected chi connectivity index (χ3v) is 4.72. The van der Waals surface area contributed by atoms with Crippen molar-refractivity contribution >= 4 is 6.03 Å². The highest BCUT2D eigenvalue weighted by molar-refractivity contribution is 5.74. The van der Waals surface area contributed by atoms with Crippen molar-refractivity contribution in [3.05, 3.63) is 35.4 Å². The molecule has 25 heavy (non-hydrogen) atoms. The number of benzene rings is 1. The molecule has 1 aliphatic heterocycles. The van der Waals surface area contributed by atoms with Gasteiger partial charge in [-0.2, -0.15) is 0 Å².